The number of carbonyl (C=O) groups is 2. The maximum Gasteiger partial charge on any atom is 0.329 e. The Kier molecular flexibility index (Phi) is 7.12. The van der Waals surface area contributed by atoms with Gasteiger partial charge in [0.15, 0.2) is 0 Å². The number of nitrogens with zero attached hydrogens (tertiary/aromatic N) is 1. The summed E-state index contributed by atoms with van der Waals surface area (Å²) >= 11 is 1.67. The van der Waals surface area contributed by atoms with Crippen LogP contribution in [0.4, 0.5) is 0 Å². The van der Waals surface area contributed by atoms with E-state index in [0.29, 0.717) is 38.2 Å². The third-order valence-corrected chi connectivity index (χ3v) is 3.83. The van der Waals surface area contributed by atoms with Crippen molar-refractivity contribution < 1.29 is 19.4 Å². The van der Waals surface area contributed by atoms with Gasteiger partial charge in [-0.3, -0.25) is 4.79 Å². The lowest BCUT2D eigenvalue weighted by molar-refractivity contribution is -0.153. The highest BCUT2D eigenvalue weighted by Gasteiger charge is 2.32. The van der Waals surface area contributed by atoms with Crippen LogP contribution in [0, 0.1) is 0 Å². The smallest absolute Gasteiger partial charge is 0.329 e. The Bertz CT molecular complexity index is 285. The number of esters is 1. The minimum atomic E-state index is -0.440. The molecule has 0 saturated carbocycles. The van der Waals surface area contributed by atoms with Gasteiger partial charge in [-0.15, -0.1) is 0 Å². The molecule has 1 aliphatic rings. The second kappa shape index (κ2) is 8.37. The van der Waals surface area contributed by atoms with Gasteiger partial charge in [-0.05, 0) is 19.8 Å². The first kappa shape index (κ1) is 15.3. The second-order valence-corrected chi connectivity index (χ2v) is 5.26. The summed E-state index contributed by atoms with van der Waals surface area (Å²) in [4.78, 5) is 25.4. The lowest BCUT2D eigenvalue weighted by Gasteiger charge is -2.33. The van der Waals surface area contributed by atoms with E-state index in [1.165, 1.54) is 0 Å². The van der Waals surface area contributed by atoms with Crippen molar-refractivity contribution in [2.45, 2.75) is 32.2 Å². The molecular weight excluding hydrogens is 254 g/mol. The number of amides is 1. The number of hydrogen-bond donors (Lipinski definition) is 1. The third-order valence-electron chi connectivity index (χ3n) is 2.81. The van der Waals surface area contributed by atoms with Gasteiger partial charge >= 0.3 is 5.97 Å². The van der Waals surface area contributed by atoms with Crippen LogP contribution in [0.15, 0.2) is 0 Å². The fourth-order valence-corrected chi connectivity index (χ4v) is 2.90. The van der Waals surface area contributed by atoms with Gasteiger partial charge in [0.2, 0.25) is 5.91 Å². The molecule has 1 aliphatic heterocycles. The van der Waals surface area contributed by atoms with Crippen molar-refractivity contribution in [3.8, 4) is 0 Å². The quantitative estimate of drug-likeness (QED) is 0.569. The van der Waals surface area contributed by atoms with Crippen LogP contribution in [-0.2, 0) is 14.3 Å². The zero-order chi connectivity index (χ0) is 13.4. The number of unbranched alkanes of at least 4 members (excludes halogenated alkanes) is 1. The molecule has 0 radical (unpaired) electrons. The van der Waals surface area contributed by atoms with Crippen LogP contribution >= 0.6 is 11.8 Å². The zero-order valence-corrected chi connectivity index (χ0v) is 11.6. The van der Waals surface area contributed by atoms with Gasteiger partial charge in [-0.25, -0.2) is 4.79 Å². The Balaban J connectivity index is 2.52. The molecule has 1 fully saturated rings. The van der Waals surface area contributed by atoms with Gasteiger partial charge in [0.05, 0.1) is 6.61 Å². The summed E-state index contributed by atoms with van der Waals surface area (Å²) < 4.78 is 5.00. The molecule has 1 atom stereocenters. The topological polar surface area (TPSA) is 66.8 Å². The number of aliphatic hydroxyl groups excluding tert-OH is 1. The van der Waals surface area contributed by atoms with E-state index in [1.54, 1.807) is 23.6 Å². The Morgan fingerprint density at radius 3 is 2.89 bits per heavy atom. The number of thioether (sulfide) groups is 1. The molecule has 0 aromatic carbocycles. The minimum Gasteiger partial charge on any atom is -0.464 e. The minimum absolute atomic E-state index is 0.0122. The van der Waals surface area contributed by atoms with Crippen molar-refractivity contribution in [3.05, 3.63) is 0 Å². The fourth-order valence-electron chi connectivity index (χ4n) is 1.87. The highest BCUT2D eigenvalue weighted by Crippen LogP contribution is 2.19. The summed E-state index contributed by atoms with van der Waals surface area (Å²) in [6, 6.07) is -0.440. The number of aliphatic hydroxyl groups is 1. The molecule has 1 N–H and O–H groups in total. The van der Waals surface area contributed by atoms with Crippen LogP contribution in [0.1, 0.15) is 26.2 Å². The molecule has 0 aliphatic carbocycles. The predicted octanol–water partition coefficient (Wildman–Crippen LogP) is 0.656. The van der Waals surface area contributed by atoms with Crippen molar-refractivity contribution >= 4 is 23.6 Å². The number of ether oxygens (including phenoxy) is 1. The van der Waals surface area contributed by atoms with Gasteiger partial charge in [0, 0.05) is 31.1 Å². The van der Waals surface area contributed by atoms with E-state index in [0.717, 1.165) is 5.75 Å². The summed E-state index contributed by atoms with van der Waals surface area (Å²) in [5, 5.41) is 8.70. The van der Waals surface area contributed by atoms with Crippen LogP contribution in [0.25, 0.3) is 0 Å². The van der Waals surface area contributed by atoms with Gasteiger partial charge in [0.25, 0.3) is 0 Å². The average Bonchev–Trinajstić information content (AvgIpc) is 2.39. The van der Waals surface area contributed by atoms with E-state index in [2.05, 4.69) is 0 Å². The largest absolute Gasteiger partial charge is 0.464 e. The lowest BCUT2D eigenvalue weighted by Crippen LogP contribution is -2.50. The number of hydrogen-bond acceptors (Lipinski definition) is 5. The van der Waals surface area contributed by atoms with E-state index in [1.807, 2.05) is 0 Å². The first-order valence-corrected chi connectivity index (χ1v) is 7.50. The summed E-state index contributed by atoms with van der Waals surface area (Å²) in [6.45, 7) is 2.81. The molecule has 0 spiro atoms. The van der Waals surface area contributed by atoms with Crippen molar-refractivity contribution in [2.75, 3.05) is 31.3 Å². The molecule has 0 bridgehead atoms. The van der Waals surface area contributed by atoms with E-state index >= 15 is 0 Å². The van der Waals surface area contributed by atoms with Gasteiger partial charge in [-0.2, -0.15) is 11.8 Å². The van der Waals surface area contributed by atoms with Crippen molar-refractivity contribution in [2.24, 2.45) is 0 Å². The fraction of sp³-hybridized carbons (Fsp3) is 0.833. The summed E-state index contributed by atoms with van der Waals surface area (Å²) in [5.41, 5.74) is 0. The standard InChI is InChI=1S/C12H21NO4S/c1-2-17-12(16)10-9-18-8-6-13(10)11(15)5-3-4-7-14/h10,14H,2-9H2,1H3. The molecule has 18 heavy (non-hydrogen) atoms. The molecule has 1 heterocycles. The summed E-state index contributed by atoms with van der Waals surface area (Å²) in [7, 11) is 0. The van der Waals surface area contributed by atoms with Crippen molar-refractivity contribution in [3.63, 3.8) is 0 Å². The Hall–Kier alpha value is -0.750. The molecule has 0 aromatic heterocycles. The molecule has 5 nitrogen and oxygen atoms in total. The molecule has 1 unspecified atom stereocenters. The van der Waals surface area contributed by atoms with Crippen LogP contribution in [0.3, 0.4) is 0 Å². The van der Waals surface area contributed by atoms with Crippen LogP contribution < -0.4 is 0 Å². The molecule has 6 heteroatoms. The maximum absolute atomic E-state index is 12.0. The Morgan fingerprint density at radius 1 is 1.44 bits per heavy atom. The van der Waals surface area contributed by atoms with Crippen LogP contribution in [-0.4, -0.2) is 59.2 Å². The SMILES string of the molecule is CCOC(=O)C1CSCCN1C(=O)CCCCO. The van der Waals surface area contributed by atoms with Crippen LogP contribution in [0.5, 0.6) is 0 Å². The Morgan fingerprint density at radius 2 is 2.22 bits per heavy atom. The molecule has 1 rings (SSSR count). The molecular formula is C12H21NO4S. The summed E-state index contributed by atoms with van der Waals surface area (Å²) in [6.07, 6.45) is 1.67. The number of rotatable bonds is 6. The lowest BCUT2D eigenvalue weighted by atomic mass is 10.2. The molecule has 104 valence electrons. The van der Waals surface area contributed by atoms with E-state index < -0.39 is 6.04 Å². The first-order valence-electron chi connectivity index (χ1n) is 6.35. The van der Waals surface area contributed by atoms with Crippen LogP contribution in [0.2, 0.25) is 0 Å². The zero-order valence-electron chi connectivity index (χ0n) is 10.8. The predicted molar refractivity (Wildman–Crippen MR) is 70.4 cm³/mol. The first-order chi connectivity index (χ1) is 8.70. The monoisotopic (exact) mass is 275 g/mol. The van der Waals surface area contributed by atoms with E-state index in [9.17, 15) is 9.59 Å². The van der Waals surface area contributed by atoms with Gasteiger partial charge in [0.1, 0.15) is 6.04 Å². The molecule has 1 saturated heterocycles. The molecule has 1 amide bonds. The van der Waals surface area contributed by atoms with Gasteiger partial charge < -0.3 is 14.7 Å². The average molecular weight is 275 g/mol. The highest BCUT2D eigenvalue weighted by molar-refractivity contribution is 7.99. The van der Waals surface area contributed by atoms with Crippen molar-refractivity contribution in [1.82, 2.24) is 4.90 Å². The Labute approximate surface area is 112 Å². The third kappa shape index (κ3) is 4.49. The van der Waals surface area contributed by atoms with E-state index in [4.69, 9.17) is 9.84 Å². The summed E-state index contributed by atoms with van der Waals surface area (Å²) in [5.74, 6) is 1.16. The second-order valence-electron chi connectivity index (χ2n) is 4.11. The maximum atomic E-state index is 12.0. The molecule has 0 aromatic rings. The van der Waals surface area contributed by atoms with E-state index in [-0.39, 0.29) is 18.5 Å². The normalized spacial score (nSPS) is 19.7. The van der Waals surface area contributed by atoms with Gasteiger partial charge in [-0.1, -0.05) is 0 Å². The van der Waals surface area contributed by atoms with Crippen molar-refractivity contribution in [1.29, 1.82) is 0 Å². The number of carbonyl (C=O) groups excluding carboxylic acids is 2. The highest BCUT2D eigenvalue weighted by atomic mass is 32.2.